The van der Waals surface area contributed by atoms with Crippen LogP contribution in [0.25, 0.3) is 5.57 Å². The maximum Gasteiger partial charge on any atom is 0.330 e. The molecular formula is C38H38O8S2. The minimum absolute atomic E-state index is 0.106. The zero-order chi connectivity index (χ0) is 34.3. The van der Waals surface area contributed by atoms with Crippen molar-refractivity contribution in [2.45, 2.75) is 70.4 Å². The van der Waals surface area contributed by atoms with Gasteiger partial charge in [0.1, 0.15) is 0 Å². The number of esters is 2. The van der Waals surface area contributed by atoms with E-state index in [0.29, 0.717) is 16.2 Å². The van der Waals surface area contributed by atoms with Gasteiger partial charge in [0.25, 0.3) is 0 Å². The third-order valence-electron chi connectivity index (χ3n) is 8.73. The molecule has 1 unspecified atom stereocenters. The number of sulfone groups is 2. The van der Waals surface area contributed by atoms with Gasteiger partial charge in [0, 0.05) is 6.08 Å². The van der Waals surface area contributed by atoms with Crippen LogP contribution in [0.4, 0.5) is 0 Å². The van der Waals surface area contributed by atoms with E-state index in [9.17, 15) is 26.4 Å². The number of hydrogen-bond donors (Lipinski definition) is 0. The molecule has 0 aromatic heterocycles. The maximum atomic E-state index is 12.8. The van der Waals surface area contributed by atoms with Gasteiger partial charge in [-0.3, -0.25) is 4.79 Å². The van der Waals surface area contributed by atoms with Crippen LogP contribution in [0.1, 0.15) is 60.3 Å². The topological polar surface area (TPSA) is 121 Å². The fourth-order valence-corrected chi connectivity index (χ4v) is 8.90. The van der Waals surface area contributed by atoms with Gasteiger partial charge in [-0.05, 0) is 121 Å². The average molecular weight is 687 g/mol. The number of aryl methyl sites for hydroxylation is 2. The molecule has 2 aliphatic rings. The van der Waals surface area contributed by atoms with Crippen LogP contribution in [0.2, 0.25) is 0 Å². The van der Waals surface area contributed by atoms with Crippen LogP contribution in [-0.2, 0) is 51.6 Å². The van der Waals surface area contributed by atoms with E-state index < -0.39 is 19.7 Å². The second-order valence-corrected chi connectivity index (χ2v) is 15.6. The molecule has 10 heteroatoms. The average Bonchev–Trinajstić information content (AvgIpc) is 3.12. The molecule has 0 saturated carbocycles. The normalized spacial score (nSPS) is 16.5. The standard InChI is InChI=1S/C19H20O4S.C19H18O4S/c2*1-23-19(20)13-15-7-5-6-14-12-17(10-11-18(14)15)24(21,22)16-8-3-2-4-9-16/h2-4,8-12,15H,5-7,13H2,1H3;2-4,8-13H,5-7H2,1H3. The highest BCUT2D eigenvalue weighted by atomic mass is 32.2. The van der Waals surface area contributed by atoms with Crippen molar-refractivity contribution in [1.82, 2.24) is 0 Å². The molecule has 6 rings (SSSR count). The first-order valence-electron chi connectivity index (χ1n) is 15.8. The maximum absolute atomic E-state index is 12.8. The smallest absolute Gasteiger partial charge is 0.330 e. The van der Waals surface area contributed by atoms with E-state index in [1.807, 2.05) is 6.07 Å². The summed E-state index contributed by atoms with van der Waals surface area (Å²) in [6, 6.07) is 27.2. The number of benzene rings is 4. The number of fused-ring (bicyclic) bond motifs is 2. The third kappa shape index (κ3) is 7.77. The van der Waals surface area contributed by atoms with Crippen LogP contribution in [0, 0.1) is 0 Å². The highest BCUT2D eigenvalue weighted by molar-refractivity contribution is 7.91. The Balaban J connectivity index is 0.000000188. The van der Waals surface area contributed by atoms with Crippen LogP contribution >= 0.6 is 0 Å². The minimum Gasteiger partial charge on any atom is -0.469 e. The van der Waals surface area contributed by atoms with Crippen LogP contribution < -0.4 is 0 Å². The van der Waals surface area contributed by atoms with Crippen LogP contribution in [-0.4, -0.2) is 43.0 Å². The first-order chi connectivity index (χ1) is 23.0. The number of hydrogen-bond acceptors (Lipinski definition) is 8. The lowest BCUT2D eigenvalue weighted by Gasteiger charge is -2.25. The van der Waals surface area contributed by atoms with Gasteiger partial charge < -0.3 is 9.47 Å². The van der Waals surface area contributed by atoms with Gasteiger partial charge >= 0.3 is 11.9 Å². The van der Waals surface area contributed by atoms with Crippen molar-refractivity contribution in [2.75, 3.05) is 14.2 Å². The molecule has 4 aromatic carbocycles. The van der Waals surface area contributed by atoms with Crippen molar-refractivity contribution in [2.24, 2.45) is 0 Å². The van der Waals surface area contributed by atoms with Gasteiger partial charge in [-0.25, -0.2) is 21.6 Å². The Morgan fingerprint density at radius 1 is 0.667 bits per heavy atom. The number of allylic oxidation sites excluding steroid dienone is 1. The zero-order valence-electron chi connectivity index (χ0n) is 26.9. The molecule has 0 radical (unpaired) electrons. The molecular weight excluding hydrogens is 649 g/mol. The second kappa shape index (κ2) is 15.1. The first kappa shape index (κ1) is 34.8. The van der Waals surface area contributed by atoms with E-state index in [4.69, 9.17) is 9.47 Å². The van der Waals surface area contributed by atoms with Gasteiger partial charge in [-0.15, -0.1) is 0 Å². The second-order valence-electron chi connectivity index (χ2n) is 11.7. The number of methoxy groups -OCH3 is 2. The monoisotopic (exact) mass is 686 g/mol. The molecule has 48 heavy (non-hydrogen) atoms. The number of rotatable bonds is 7. The molecule has 1 atom stereocenters. The van der Waals surface area contributed by atoms with Crippen molar-refractivity contribution in [3.05, 3.63) is 125 Å². The predicted octanol–water partition coefficient (Wildman–Crippen LogP) is 6.91. The Labute approximate surface area is 282 Å². The van der Waals surface area contributed by atoms with Crippen LogP contribution in [0.15, 0.2) is 123 Å². The lowest BCUT2D eigenvalue weighted by molar-refractivity contribution is -0.141. The summed E-state index contributed by atoms with van der Waals surface area (Å²) in [6.45, 7) is 0. The molecule has 0 heterocycles. The van der Waals surface area contributed by atoms with Gasteiger partial charge in [-0.2, -0.15) is 0 Å². The Bertz CT molecular complexity index is 2030. The number of ether oxygens (including phenoxy) is 2. The van der Waals surface area contributed by atoms with Gasteiger partial charge in [0.2, 0.25) is 19.7 Å². The summed E-state index contributed by atoms with van der Waals surface area (Å²) >= 11 is 0. The summed E-state index contributed by atoms with van der Waals surface area (Å²) in [5.41, 5.74) is 4.87. The Morgan fingerprint density at radius 3 is 1.81 bits per heavy atom. The van der Waals surface area contributed by atoms with E-state index in [1.54, 1.807) is 91.0 Å². The summed E-state index contributed by atoms with van der Waals surface area (Å²) < 4.78 is 60.4. The Kier molecular flexibility index (Phi) is 11.0. The quantitative estimate of drug-likeness (QED) is 0.152. The van der Waals surface area contributed by atoms with E-state index in [0.717, 1.165) is 66.4 Å². The summed E-state index contributed by atoms with van der Waals surface area (Å²) in [5.74, 6) is -0.512. The van der Waals surface area contributed by atoms with Crippen molar-refractivity contribution in [3.8, 4) is 0 Å². The molecule has 0 amide bonds. The van der Waals surface area contributed by atoms with Crippen LogP contribution in [0.5, 0.6) is 0 Å². The molecule has 0 saturated heterocycles. The summed E-state index contributed by atoms with van der Waals surface area (Å²) in [5, 5.41) is 0. The molecule has 0 N–H and O–H groups in total. The van der Waals surface area contributed by atoms with E-state index in [2.05, 4.69) is 0 Å². The molecule has 4 aromatic rings. The highest BCUT2D eigenvalue weighted by Gasteiger charge is 2.26. The Hall–Kier alpha value is -4.54. The lowest BCUT2D eigenvalue weighted by Crippen LogP contribution is -2.15. The predicted molar refractivity (Wildman–Crippen MR) is 182 cm³/mol. The molecule has 2 aliphatic carbocycles. The molecule has 0 fully saturated rings. The molecule has 250 valence electrons. The number of carbonyl (C=O) groups excluding carboxylic acids is 2. The molecule has 0 spiro atoms. The summed E-state index contributed by atoms with van der Waals surface area (Å²) in [4.78, 5) is 24.3. The van der Waals surface area contributed by atoms with E-state index in [-0.39, 0.29) is 27.6 Å². The summed E-state index contributed by atoms with van der Waals surface area (Å²) in [7, 11) is -4.30. The van der Waals surface area contributed by atoms with Gasteiger partial charge in [0.05, 0.1) is 40.2 Å². The number of carbonyl (C=O) groups is 2. The molecule has 0 bridgehead atoms. The minimum atomic E-state index is -3.53. The van der Waals surface area contributed by atoms with Crippen LogP contribution in [0.3, 0.4) is 0 Å². The van der Waals surface area contributed by atoms with Crippen molar-refractivity contribution in [1.29, 1.82) is 0 Å². The molecule has 0 aliphatic heterocycles. The fraction of sp³-hybridized carbons (Fsp3) is 0.263. The van der Waals surface area contributed by atoms with E-state index in [1.165, 1.54) is 20.3 Å². The zero-order valence-corrected chi connectivity index (χ0v) is 28.6. The first-order valence-corrected chi connectivity index (χ1v) is 18.7. The third-order valence-corrected chi connectivity index (χ3v) is 12.3. The van der Waals surface area contributed by atoms with Gasteiger partial charge in [0.15, 0.2) is 0 Å². The highest BCUT2D eigenvalue weighted by Crippen LogP contribution is 2.37. The van der Waals surface area contributed by atoms with Crippen molar-refractivity contribution in [3.63, 3.8) is 0 Å². The van der Waals surface area contributed by atoms with E-state index >= 15 is 0 Å². The largest absolute Gasteiger partial charge is 0.469 e. The SMILES string of the molecule is COC(=O)C=C1CCCc2cc(S(=O)(=O)c3ccccc3)ccc21.COC(=O)CC1CCCc2cc(S(=O)(=O)c3ccccc3)ccc21. The van der Waals surface area contributed by atoms with Crippen molar-refractivity contribution >= 4 is 37.2 Å². The fourth-order valence-electron chi connectivity index (χ4n) is 6.24. The van der Waals surface area contributed by atoms with Crippen molar-refractivity contribution < 1.29 is 35.9 Å². The molecule has 8 nitrogen and oxygen atoms in total. The lowest BCUT2D eigenvalue weighted by atomic mass is 9.81. The Morgan fingerprint density at radius 2 is 1.23 bits per heavy atom. The van der Waals surface area contributed by atoms with Gasteiger partial charge in [-0.1, -0.05) is 48.5 Å². The summed E-state index contributed by atoms with van der Waals surface area (Å²) in [6.07, 6.45) is 7.00.